The molecular weight excluding hydrogens is 147 g/mol. The van der Waals surface area contributed by atoms with Gasteiger partial charge in [-0.3, -0.25) is 0 Å². The summed E-state index contributed by atoms with van der Waals surface area (Å²) in [5.74, 6) is 0. The molecule has 0 fully saturated rings. The van der Waals surface area contributed by atoms with E-state index in [4.69, 9.17) is 9.90 Å². The van der Waals surface area contributed by atoms with Crippen molar-refractivity contribution in [2.45, 2.75) is 0 Å². The first kappa shape index (κ1) is 8.94. The van der Waals surface area contributed by atoms with Crippen molar-refractivity contribution >= 4 is 6.47 Å². The molecule has 0 bridgehead atoms. The van der Waals surface area contributed by atoms with E-state index >= 15 is 0 Å². The van der Waals surface area contributed by atoms with E-state index in [1.807, 2.05) is 0 Å². The van der Waals surface area contributed by atoms with Crippen molar-refractivity contribution in [1.29, 1.82) is 0 Å². The summed E-state index contributed by atoms with van der Waals surface area (Å²) in [6.07, 6.45) is 0. The third-order valence-electron chi connectivity index (χ3n) is 0. The normalized spacial score (nSPS) is 3.00. The Morgan fingerprint density at radius 1 is 1.75 bits per heavy atom. The number of rotatable bonds is 0. The molecule has 0 aliphatic heterocycles. The number of hydrogen-bond donors (Lipinski definition) is 0. The molecule has 2 nitrogen and oxygen atoms in total. The zero-order chi connectivity index (χ0) is 2.71. The minimum atomic E-state index is -0.500. The van der Waals surface area contributed by atoms with E-state index in [2.05, 4.69) is 0 Å². The molecule has 0 rings (SSSR count). The molecule has 0 saturated heterocycles. The SMILES string of the molecule is O=C[O-].[Rh+2]. The van der Waals surface area contributed by atoms with Crippen molar-refractivity contribution in [1.82, 2.24) is 0 Å². The molecule has 1 radical (unpaired) electrons. The van der Waals surface area contributed by atoms with Crippen LogP contribution in [-0.2, 0) is 24.3 Å². The first-order valence-electron chi connectivity index (χ1n) is 0.471. The largest absolute Gasteiger partial charge is 2.00 e. The molecule has 0 aromatic rings. The predicted octanol–water partition coefficient (Wildman–Crippen LogP) is -1.64. The van der Waals surface area contributed by atoms with Crippen molar-refractivity contribution in [3.05, 3.63) is 0 Å². The summed E-state index contributed by atoms with van der Waals surface area (Å²) in [6.45, 7) is -0.500. The van der Waals surface area contributed by atoms with Gasteiger partial charge in [-0.15, -0.1) is 0 Å². The van der Waals surface area contributed by atoms with Crippen LogP contribution in [0.1, 0.15) is 0 Å². The van der Waals surface area contributed by atoms with Gasteiger partial charge in [0.2, 0.25) is 0 Å². The summed E-state index contributed by atoms with van der Waals surface area (Å²) < 4.78 is 0. The summed E-state index contributed by atoms with van der Waals surface area (Å²) in [7, 11) is 0. The summed E-state index contributed by atoms with van der Waals surface area (Å²) in [6, 6.07) is 0. The van der Waals surface area contributed by atoms with Gasteiger partial charge < -0.3 is 9.90 Å². The van der Waals surface area contributed by atoms with Gasteiger partial charge in [-0.05, 0) is 0 Å². The maximum absolute atomic E-state index is 8.25. The van der Waals surface area contributed by atoms with Crippen molar-refractivity contribution < 1.29 is 29.4 Å². The van der Waals surface area contributed by atoms with E-state index in [0.29, 0.717) is 0 Å². The summed E-state index contributed by atoms with van der Waals surface area (Å²) in [5, 5.41) is 8.25. The van der Waals surface area contributed by atoms with E-state index in [1.165, 1.54) is 0 Å². The van der Waals surface area contributed by atoms with Gasteiger partial charge in [0.05, 0.1) is 0 Å². The van der Waals surface area contributed by atoms with Crippen molar-refractivity contribution in [2.24, 2.45) is 0 Å². The van der Waals surface area contributed by atoms with Crippen LogP contribution in [0.4, 0.5) is 0 Å². The van der Waals surface area contributed by atoms with Crippen LogP contribution in [0.3, 0.4) is 0 Å². The Bertz CT molecular complexity index is 13.5. The Labute approximate surface area is 36.6 Å². The van der Waals surface area contributed by atoms with Gasteiger partial charge in [0, 0.05) is 6.47 Å². The molecule has 0 aromatic carbocycles. The smallest absolute Gasteiger partial charge is 0.554 e. The minimum Gasteiger partial charge on any atom is -0.554 e. The van der Waals surface area contributed by atoms with E-state index < -0.39 is 6.47 Å². The second-order valence-electron chi connectivity index (χ2n) is 0.0962. The molecule has 0 heterocycles. The van der Waals surface area contributed by atoms with E-state index in [-0.39, 0.29) is 19.5 Å². The monoisotopic (exact) mass is 148 g/mol. The molecule has 0 saturated carbocycles. The minimum absolute atomic E-state index is 0. The van der Waals surface area contributed by atoms with Crippen LogP contribution >= 0.6 is 0 Å². The maximum atomic E-state index is 8.25. The van der Waals surface area contributed by atoms with Gasteiger partial charge in [-0.25, -0.2) is 0 Å². The Kier molecular flexibility index (Phi) is 25.3. The second kappa shape index (κ2) is 11.3. The molecule has 0 N–H and O–H groups in total. The Balaban J connectivity index is 0. The first-order chi connectivity index (χ1) is 1.41. The quantitative estimate of drug-likeness (QED) is 0.305. The van der Waals surface area contributed by atoms with Crippen molar-refractivity contribution in [3.8, 4) is 0 Å². The average molecular weight is 148 g/mol. The zero-order valence-electron chi connectivity index (χ0n) is 1.73. The van der Waals surface area contributed by atoms with Gasteiger partial charge in [-0.2, -0.15) is 0 Å². The molecule has 0 aliphatic carbocycles. The Morgan fingerprint density at radius 3 is 1.75 bits per heavy atom. The maximum Gasteiger partial charge on any atom is 2.00 e. The first-order valence-corrected chi connectivity index (χ1v) is 0.471. The molecule has 0 unspecified atom stereocenters. The summed E-state index contributed by atoms with van der Waals surface area (Å²) in [5.41, 5.74) is 0. The van der Waals surface area contributed by atoms with Crippen LogP contribution in [0.25, 0.3) is 0 Å². The van der Waals surface area contributed by atoms with Crippen LogP contribution in [0.2, 0.25) is 0 Å². The number of carboxylic acid groups (broad SMARTS) is 1. The molecule has 0 amide bonds. The van der Waals surface area contributed by atoms with E-state index in [1.54, 1.807) is 0 Å². The molecule has 0 aliphatic rings. The van der Waals surface area contributed by atoms with Gasteiger partial charge in [0.1, 0.15) is 0 Å². The number of carbonyl (C=O) groups excluding carboxylic acids is 1. The van der Waals surface area contributed by atoms with Gasteiger partial charge in [-0.1, -0.05) is 0 Å². The molecule has 3 heteroatoms. The van der Waals surface area contributed by atoms with Crippen LogP contribution < -0.4 is 5.11 Å². The van der Waals surface area contributed by atoms with Crippen LogP contribution in [0, 0.1) is 0 Å². The number of carbonyl (C=O) groups is 1. The number of hydrogen-bond acceptors (Lipinski definition) is 2. The van der Waals surface area contributed by atoms with E-state index in [0.717, 1.165) is 0 Å². The average Bonchev–Trinajstić information content (AvgIpc) is 0.918. The van der Waals surface area contributed by atoms with Crippen LogP contribution in [0.15, 0.2) is 0 Å². The van der Waals surface area contributed by atoms with Gasteiger partial charge in [0.15, 0.2) is 0 Å². The fourth-order valence-electron chi connectivity index (χ4n) is 0. The van der Waals surface area contributed by atoms with Crippen molar-refractivity contribution in [3.63, 3.8) is 0 Å². The van der Waals surface area contributed by atoms with Crippen LogP contribution in [-0.4, -0.2) is 6.47 Å². The predicted molar refractivity (Wildman–Crippen MR) is 6.06 cm³/mol. The van der Waals surface area contributed by atoms with Gasteiger partial charge >= 0.3 is 19.5 Å². The molecule has 0 aromatic heterocycles. The third-order valence-corrected chi connectivity index (χ3v) is 0. The van der Waals surface area contributed by atoms with E-state index in [9.17, 15) is 0 Å². The molecule has 0 spiro atoms. The molecule has 25 valence electrons. The standard InChI is InChI=1S/CH2O2.Rh/c2-1-3;/h1H,(H,2,3);/q;+2/p-1. The third kappa shape index (κ3) is 287. The van der Waals surface area contributed by atoms with Gasteiger partial charge in [0.25, 0.3) is 0 Å². The topological polar surface area (TPSA) is 40.1 Å². The molecular formula is CHO2Rh+. The summed E-state index contributed by atoms with van der Waals surface area (Å²) >= 11 is 0. The summed E-state index contributed by atoms with van der Waals surface area (Å²) in [4.78, 5) is 8.25. The fourth-order valence-corrected chi connectivity index (χ4v) is 0. The molecule has 4 heavy (non-hydrogen) atoms. The Hall–Kier alpha value is 0.0934. The second-order valence-corrected chi connectivity index (χ2v) is 0.0962. The Morgan fingerprint density at radius 2 is 1.75 bits per heavy atom. The van der Waals surface area contributed by atoms with Crippen molar-refractivity contribution in [2.75, 3.05) is 0 Å². The fraction of sp³-hybridized carbons (Fsp3) is 0. The van der Waals surface area contributed by atoms with Crippen LogP contribution in [0.5, 0.6) is 0 Å². The zero-order valence-corrected chi connectivity index (χ0v) is 3.37. The molecule has 0 atom stereocenters.